The fourth-order valence-electron chi connectivity index (χ4n) is 2.75. The maximum absolute atomic E-state index is 12.1. The first-order valence-corrected chi connectivity index (χ1v) is 8.71. The number of benzene rings is 2. The molecule has 136 valence electrons. The summed E-state index contributed by atoms with van der Waals surface area (Å²) in [5.74, 6) is 1.29. The van der Waals surface area contributed by atoms with Crippen molar-refractivity contribution < 1.29 is 19.0 Å². The molecule has 0 bridgehead atoms. The van der Waals surface area contributed by atoms with Gasteiger partial charge in [0.2, 0.25) is 5.91 Å². The third kappa shape index (κ3) is 5.10. The molecule has 1 unspecified atom stereocenters. The van der Waals surface area contributed by atoms with Crippen LogP contribution < -0.4 is 14.8 Å². The van der Waals surface area contributed by atoms with E-state index in [2.05, 4.69) is 5.32 Å². The van der Waals surface area contributed by atoms with E-state index in [4.69, 9.17) is 14.2 Å². The van der Waals surface area contributed by atoms with Crippen LogP contribution in [0.3, 0.4) is 0 Å². The topological polar surface area (TPSA) is 56.8 Å². The van der Waals surface area contributed by atoms with Gasteiger partial charge in [0.05, 0.1) is 13.2 Å². The van der Waals surface area contributed by atoms with Crippen LogP contribution in [0.15, 0.2) is 54.6 Å². The molecule has 1 aliphatic rings. The summed E-state index contributed by atoms with van der Waals surface area (Å²) in [4.78, 5) is 12.1. The van der Waals surface area contributed by atoms with Crippen LogP contribution in [0.2, 0.25) is 0 Å². The highest BCUT2D eigenvalue weighted by Gasteiger charge is 2.15. The Hall–Kier alpha value is -2.79. The molecule has 0 aromatic heterocycles. The molecule has 2 aromatic rings. The summed E-state index contributed by atoms with van der Waals surface area (Å²) in [5.41, 5.74) is 1.56. The van der Waals surface area contributed by atoms with Gasteiger partial charge in [0.15, 0.2) is 0 Å². The Morgan fingerprint density at radius 3 is 2.77 bits per heavy atom. The summed E-state index contributed by atoms with van der Waals surface area (Å²) in [6.07, 6.45) is 5.55. The van der Waals surface area contributed by atoms with Crippen molar-refractivity contribution in [3.63, 3.8) is 0 Å². The van der Waals surface area contributed by atoms with Crippen LogP contribution in [-0.2, 0) is 9.53 Å². The van der Waals surface area contributed by atoms with Crippen molar-refractivity contribution in [2.75, 3.05) is 25.6 Å². The minimum atomic E-state index is -0.205. The highest BCUT2D eigenvalue weighted by Crippen LogP contribution is 2.20. The van der Waals surface area contributed by atoms with Gasteiger partial charge in [-0.3, -0.25) is 4.79 Å². The van der Waals surface area contributed by atoms with Gasteiger partial charge in [-0.1, -0.05) is 18.2 Å². The normalized spacial score (nSPS) is 16.6. The lowest BCUT2D eigenvalue weighted by molar-refractivity contribution is -0.111. The third-order valence-corrected chi connectivity index (χ3v) is 4.13. The molecule has 1 saturated heterocycles. The van der Waals surface area contributed by atoms with E-state index >= 15 is 0 Å². The number of para-hydroxylation sites is 1. The molecule has 5 nitrogen and oxygen atoms in total. The number of hydrogen-bond acceptors (Lipinski definition) is 4. The van der Waals surface area contributed by atoms with Gasteiger partial charge < -0.3 is 19.5 Å². The Balaban J connectivity index is 1.51. The molecule has 0 aliphatic carbocycles. The van der Waals surface area contributed by atoms with Crippen LogP contribution in [0, 0.1) is 0 Å². The average Bonchev–Trinajstić information content (AvgIpc) is 3.20. The molecule has 2 aromatic carbocycles. The van der Waals surface area contributed by atoms with Gasteiger partial charge in [-0.2, -0.15) is 0 Å². The van der Waals surface area contributed by atoms with Gasteiger partial charge >= 0.3 is 0 Å². The van der Waals surface area contributed by atoms with Crippen LogP contribution in [0.5, 0.6) is 11.5 Å². The second-order valence-electron chi connectivity index (χ2n) is 6.03. The molecule has 26 heavy (non-hydrogen) atoms. The average molecular weight is 353 g/mol. The Morgan fingerprint density at radius 2 is 2.04 bits per heavy atom. The van der Waals surface area contributed by atoms with Crippen molar-refractivity contribution in [2.24, 2.45) is 0 Å². The molecule has 1 atom stereocenters. The lowest BCUT2D eigenvalue weighted by atomic mass is 10.2. The van der Waals surface area contributed by atoms with Crippen LogP contribution in [0.1, 0.15) is 18.4 Å². The maximum Gasteiger partial charge on any atom is 0.248 e. The first-order valence-electron chi connectivity index (χ1n) is 8.71. The number of methoxy groups -OCH3 is 1. The molecule has 5 heteroatoms. The zero-order chi connectivity index (χ0) is 18.2. The summed E-state index contributed by atoms with van der Waals surface area (Å²) < 4.78 is 16.5. The van der Waals surface area contributed by atoms with Crippen LogP contribution >= 0.6 is 0 Å². The Labute approximate surface area is 153 Å². The van der Waals surface area contributed by atoms with Gasteiger partial charge in [0, 0.05) is 23.9 Å². The number of hydrogen-bond donors (Lipinski definition) is 1. The summed E-state index contributed by atoms with van der Waals surface area (Å²) in [5, 5.41) is 2.83. The SMILES string of the molecule is COc1ccccc1/C=C/C(=O)Nc1ccc(OCC2CCCO2)cc1. The Morgan fingerprint density at radius 1 is 1.23 bits per heavy atom. The van der Waals surface area contributed by atoms with E-state index in [1.807, 2.05) is 48.5 Å². The Bertz CT molecular complexity index is 749. The Kier molecular flexibility index (Phi) is 6.28. The molecule has 1 amide bonds. The fraction of sp³-hybridized carbons (Fsp3) is 0.286. The van der Waals surface area contributed by atoms with Crippen molar-refractivity contribution in [3.05, 3.63) is 60.2 Å². The smallest absolute Gasteiger partial charge is 0.248 e. The van der Waals surface area contributed by atoms with Crippen molar-refractivity contribution in [1.82, 2.24) is 0 Å². The molecule has 0 spiro atoms. The molecule has 1 fully saturated rings. The van der Waals surface area contributed by atoms with Crippen molar-refractivity contribution in [1.29, 1.82) is 0 Å². The number of anilines is 1. The lowest BCUT2D eigenvalue weighted by Crippen LogP contribution is -2.16. The minimum absolute atomic E-state index is 0.189. The first-order chi connectivity index (χ1) is 12.7. The van der Waals surface area contributed by atoms with Crippen molar-refractivity contribution in [3.8, 4) is 11.5 Å². The van der Waals surface area contributed by atoms with Crippen molar-refractivity contribution >= 4 is 17.7 Å². The van der Waals surface area contributed by atoms with E-state index in [0.29, 0.717) is 12.3 Å². The molecule has 0 saturated carbocycles. The summed E-state index contributed by atoms with van der Waals surface area (Å²) in [7, 11) is 1.61. The molecular weight excluding hydrogens is 330 g/mol. The number of carbonyl (C=O) groups excluding carboxylic acids is 1. The van der Waals surface area contributed by atoms with Gasteiger partial charge in [0.25, 0.3) is 0 Å². The van der Waals surface area contributed by atoms with E-state index in [1.54, 1.807) is 13.2 Å². The van der Waals surface area contributed by atoms with Crippen LogP contribution in [-0.4, -0.2) is 32.3 Å². The number of carbonyl (C=O) groups is 1. The fourth-order valence-corrected chi connectivity index (χ4v) is 2.75. The molecular formula is C21H23NO4. The number of amides is 1. The predicted octanol–water partition coefficient (Wildman–Crippen LogP) is 3.90. The van der Waals surface area contributed by atoms with Crippen LogP contribution in [0.25, 0.3) is 6.08 Å². The van der Waals surface area contributed by atoms with E-state index in [1.165, 1.54) is 6.08 Å². The zero-order valence-corrected chi connectivity index (χ0v) is 14.8. The third-order valence-electron chi connectivity index (χ3n) is 4.13. The summed E-state index contributed by atoms with van der Waals surface area (Å²) >= 11 is 0. The lowest BCUT2D eigenvalue weighted by Gasteiger charge is -2.11. The predicted molar refractivity (Wildman–Crippen MR) is 102 cm³/mol. The van der Waals surface area contributed by atoms with Gasteiger partial charge in [-0.15, -0.1) is 0 Å². The molecule has 3 rings (SSSR count). The number of nitrogens with one attached hydrogen (secondary N) is 1. The number of rotatable bonds is 7. The molecule has 1 N–H and O–H groups in total. The second-order valence-corrected chi connectivity index (χ2v) is 6.03. The summed E-state index contributed by atoms with van der Waals surface area (Å²) in [6.45, 7) is 1.38. The van der Waals surface area contributed by atoms with Gasteiger partial charge in [0.1, 0.15) is 18.1 Å². The largest absolute Gasteiger partial charge is 0.496 e. The van der Waals surface area contributed by atoms with E-state index in [-0.39, 0.29) is 12.0 Å². The standard InChI is InChI=1S/C21H23NO4/c1-24-20-7-3-2-5-16(20)8-13-21(23)22-17-9-11-18(12-10-17)26-15-19-6-4-14-25-19/h2-3,5,7-13,19H,4,6,14-15H2,1H3,(H,22,23)/b13-8+. The monoisotopic (exact) mass is 353 g/mol. The quantitative estimate of drug-likeness (QED) is 0.767. The second kappa shape index (κ2) is 9.06. The zero-order valence-electron chi connectivity index (χ0n) is 14.8. The van der Waals surface area contributed by atoms with Crippen LogP contribution in [0.4, 0.5) is 5.69 Å². The van der Waals surface area contributed by atoms with E-state index in [9.17, 15) is 4.79 Å². The molecule has 1 aliphatic heterocycles. The van der Waals surface area contributed by atoms with Gasteiger partial charge in [-0.25, -0.2) is 0 Å². The molecule has 1 heterocycles. The maximum atomic E-state index is 12.1. The van der Waals surface area contributed by atoms with E-state index < -0.39 is 0 Å². The number of ether oxygens (including phenoxy) is 3. The first kappa shape index (κ1) is 18.0. The van der Waals surface area contributed by atoms with E-state index in [0.717, 1.165) is 36.5 Å². The molecule has 0 radical (unpaired) electrons. The minimum Gasteiger partial charge on any atom is -0.496 e. The highest BCUT2D eigenvalue weighted by atomic mass is 16.5. The van der Waals surface area contributed by atoms with Gasteiger partial charge in [-0.05, 0) is 49.2 Å². The summed E-state index contributed by atoms with van der Waals surface area (Å²) in [6, 6.07) is 14.9. The highest BCUT2D eigenvalue weighted by molar-refractivity contribution is 6.02. The van der Waals surface area contributed by atoms with Crippen molar-refractivity contribution in [2.45, 2.75) is 18.9 Å².